The molecule has 1 fully saturated rings. The summed E-state index contributed by atoms with van der Waals surface area (Å²) in [5.41, 5.74) is -1.12. The molecule has 0 saturated carbocycles. The predicted molar refractivity (Wildman–Crippen MR) is 135 cm³/mol. The molecule has 5 rings (SSSR count). The van der Waals surface area contributed by atoms with Crippen LogP contribution >= 0.6 is 23.2 Å². The number of hydrogen-bond acceptors (Lipinski definition) is 8. The molecule has 1 N–H and O–H groups in total. The number of aromatic nitrogens is 6. The zero-order valence-corrected chi connectivity index (χ0v) is 21.2. The van der Waals surface area contributed by atoms with Gasteiger partial charge in [-0.15, -0.1) is 5.10 Å². The second-order valence-electron chi connectivity index (χ2n) is 8.59. The molecule has 0 bridgehead atoms. The third-order valence-corrected chi connectivity index (χ3v) is 8.53. The molecule has 3 aromatic heterocycles. The zero-order chi connectivity index (χ0) is 26.5. The second-order valence-corrected chi connectivity index (χ2v) is 11.7. The Kier molecular flexibility index (Phi) is 6.26. The van der Waals surface area contributed by atoms with Gasteiger partial charge in [0, 0.05) is 12.6 Å². The van der Waals surface area contributed by atoms with Crippen molar-refractivity contribution in [3.05, 3.63) is 77.4 Å². The van der Waals surface area contributed by atoms with Gasteiger partial charge in [-0.2, -0.15) is 15.0 Å². The van der Waals surface area contributed by atoms with Gasteiger partial charge in [-0.1, -0.05) is 23.2 Å². The van der Waals surface area contributed by atoms with Gasteiger partial charge in [0.1, 0.15) is 21.6 Å². The van der Waals surface area contributed by atoms with Crippen LogP contribution < -0.4 is 16.8 Å². The first-order chi connectivity index (χ1) is 17.6. The highest BCUT2D eigenvalue weighted by Crippen LogP contribution is 2.33. The standard InChI is InChI=1S/C22H17Cl2N7O5S/c23-14-7-13(30-22(34)27-21(33)16(9-25)28-30)8-15(24)20(14)31-17-1-2-19(32)29(18(17)10-26-31)11-12-3-5-37(35,36)6-4-12/h1-2,7-8,10,12H,3-6,11H2,(H,27,33,34). The fourth-order valence-electron chi connectivity index (χ4n) is 4.34. The summed E-state index contributed by atoms with van der Waals surface area (Å²) in [5, 5.41) is 17.4. The first-order valence-corrected chi connectivity index (χ1v) is 13.6. The Hall–Kier alpha value is -3.73. The maximum atomic E-state index is 12.7. The number of sulfone groups is 1. The first kappa shape index (κ1) is 24.9. The molecule has 1 aliphatic heterocycles. The number of nitrogens with zero attached hydrogens (tertiary/aromatic N) is 6. The molecule has 0 aliphatic carbocycles. The van der Waals surface area contributed by atoms with E-state index in [4.69, 9.17) is 28.5 Å². The van der Waals surface area contributed by atoms with Crippen molar-refractivity contribution in [1.29, 1.82) is 5.26 Å². The van der Waals surface area contributed by atoms with Crippen molar-refractivity contribution < 1.29 is 8.42 Å². The van der Waals surface area contributed by atoms with E-state index in [-0.39, 0.29) is 44.4 Å². The molecule has 0 radical (unpaired) electrons. The van der Waals surface area contributed by atoms with E-state index in [2.05, 4.69) is 10.2 Å². The second kappa shape index (κ2) is 9.29. The molecule has 1 aromatic carbocycles. The lowest BCUT2D eigenvalue weighted by Gasteiger charge is -2.23. The minimum atomic E-state index is -3.03. The molecule has 15 heteroatoms. The normalized spacial score (nSPS) is 15.6. The van der Waals surface area contributed by atoms with E-state index in [1.165, 1.54) is 29.1 Å². The smallest absolute Gasteiger partial charge is 0.305 e. The number of hydrogen-bond donors (Lipinski definition) is 1. The largest absolute Gasteiger partial charge is 0.349 e. The quantitative estimate of drug-likeness (QED) is 0.390. The van der Waals surface area contributed by atoms with Gasteiger partial charge >= 0.3 is 5.69 Å². The van der Waals surface area contributed by atoms with Crippen molar-refractivity contribution in [2.75, 3.05) is 11.5 Å². The SMILES string of the molecule is N#Cc1nn(-c2cc(Cl)c(-n3ncc4c3ccc(=O)n4CC3CCS(=O)(=O)CC3)c(Cl)c2)c(=O)[nH]c1=O. The average Bonchev–Trinajstić information content (AvgIpc) is 3.25. The van der Waals surface area contributed by atoms with Crippen LogP contribution in [0.4, 0.5) is 0 Å². The molecule has 12 nitrogen and oxygen atoms in total. The van der Waals surface area contributed by atoms with Gasteiger partial charge in [0.15, 0.2) is 0 Å². The molecular formula is C22H17Cl2N7O5S. The van der Waals surface area contributed by atoms with E-state index in [0.717, 1.165) is 4.68 Å². The average molecular weight is 562 g/mol. The van der Waals surface area contributed by atoms with Gasteiger partial charge in [0.05, 0.1) is 44.5 Å². The molecule has 4 heterocycles. The highest BCUT2D eigenvalue weighted by atomic mass is 35.5. The topological polar surface area (TPSA) is 165 Å². The fourth-order valence-corrected chi connectivity index (χ4v) is 6.57. The monoisotopic (exact) mass is 561 g/mol. The number of H-pyrrole nitrogens is 1. The number of rotatable bonds is 4. The van der Waals surface area contributed by atoms with Crippen LogP contribution in [0.25, 0.3) is 22.4 Å². The number of fused-ring (bicyclic) bond motifs is 1. The van der Waals surface area contributed by atoms with Crippen LogP contribution in [0.5, 0.6) is 0 Å². The third-order valence-electron chi connectivity index (χ3n) is 6.23. The Morgan fingerprint density at radius 3 is 2.38 bits per heavy atom. The molecule has 0 amide bonds. The van der Waals surface area contributed by atoms with Gasteiger partial charge in [-0.3, -0.25) is 14.6 Å². The van der Waals surface area contributed by atoms with E-state index >= 15 is 0 Å². The van der Waals surface area contributed by atoms with Crippen molar-refractivity contribution in [1.82, 2.24) is 29.1 Å². The van der Waals surface area contributed by atoms with E-state index in [0.29, 0.717) is 30.4 Å². The zero-order valence-electron chi connectivity index (χ0n) is 18.9. The molecule has 0 atom stereocenters. The minimum absolute atomic E-state index is 0.0306. The van der Waals surface area contributed by atoms with Crippen LogP contribution in [0, 0.1) is 17.2 Å². The number of benzene rings is 1. The Labute approximate surface area is 218 Å². The number of nitriles is 1. The Bertz CT molecular complexity index is 1860. The van der Waals surface area contributed by atoms with E-state index in [1.54, 1.807) is 16.7 Å². The van der Waals surface area contributed by atoms with Gasteiger partial charge in [-0.05, 0) is 37.0 Å². The van der Waals surface area contributed by atoms with Gasteiger partial charge in [0.2, 0.25) is 5.69 Å². The summed E-state index contributed by atoms with van der Waals surface area (Å²) >= 11 is 13.1. The molecular weight excluding hydrogens is 545 g/mol. The number of nitrogens with one attached hydrogen (secondary N) is 1. The first-order valence-electron chi connectivity index (χ1n) is 11.0. The summed E-state index contributed by atoms with van der Waals surface area (Å²) in [6, 6.07) is 7.34. The number of pyridine rings is 1. The van der Waals surface area contributed by atoms with Gasteiger partial charge in [-0.25, -0.2) is 17.9 Å². The molecule has 37 heavy (non-hydrogen) atoms. The molecule has 0 spiro atoms. The van der Waals surface area contributed by atoms with Crippen LogP contribution in [0.2, 0.25) is 10.0 Å². The van der Waals surface area contributed by atoms with Gasteiger partial charge in [0.25, 0.3) is 11.1 Å². The summed E-state index contributed by atoms with van der Waals surface area (Å²) in [4.78, 5) is 38.6. The van der Waals surface area contributed by atoms with Crippen LogP contribution in [0.15, 0.2) is 44.8 Å². The van der Waals surface area contributed by atoms with Crippen molar-refractivity contribution in [3.63, 3.8) is 0 Å². The number of aromatic amines is 1. The number of halogens is 2. The molecule has 0 unspecified atom stereocenters. The van der Waals surface area contributed by atoms with Crippen molar-refractivity contribution in [2.45, 2.75) is 19.4 Å². The Balaban J connectivity index is 1.57. The van der Waals surface area contributed by atoms with Crippen LogP contribution in [-0.4, -0.2) is 49.0 Å². The van der Waals surface area contributed by atoms with Crippen LogP contribution in [0.3, 0.4) is 0 Å². The summed E-state index contributed by atoms with van der Waals surface area (Å²) in [7, 11) is -3.03. The molecule has 1 aliphatic rings. The van der Waals surface area contributed by atoms with E-state index in [9.17, 15) is 22.8 Å². The summed E-state index contributed by atoms with van der Waals surface area (Å²) < 4.78 is 27.4. The summed E-state index contributed by atoms with van der Waals surface area (Å²) in [6.45, 7) is 0.347. The van der Waals surface area contributed by atoms with Crippen LogP contribution in [0.1, 0.15) is 18.5 Å². The summed E-state index contributed by atoms with van der Waals surface area (Å²) in [5.74, 6) is 0.230. The van der Waals surface area contributed by atoms with Crippen molar-refractivity contribution in [2.24, 2.45) is 5.92 Å². The Morgan fingerprint density at radius 2 is 1.73 bits per heavy atom. The summed E-state index contributed by atoms with van der Waals surface area (Å²) in [6.07, 6.45) is 2.46. The highest BCUT2D eigenvalue weighted by molar-refractivity contribution is 7.91. The maximum absolute atomic E-state index is 12.7. The van der Waals surface area contributed by atoms with Crippen molar-refractivity contribution in [3.8, 4) is 17.4 Å². The van der Waals surface area contributed by atoms with E-state index in [1.807, 2.05) is 4.98 Å². The predicted octanol–water partition coefficient (Wildman–Crippen LogP) is 1.42. The highest BCUT2D eigenvalue weighted by Gasteiger charge is 2.25. The third kappa shape index (κ3) is 4.59. The Morgan fingerprint density at radius 1 is 1.05 bits per heavy atom. The van der Waals surface area contributed by atoms with Gasteiger partial charge < -0.3 is 4.57 Å². The van der Waals surface area contributed by atoms with Crippen LogP contribution in [-0.2, 0) is 16.4 Å². The molecule has 4 aromatic rings. The fraction of sp³-hybridized carbons (Fsp3) is 0.273. The lowest BCUT2D eigenvalue weighted by Crippen LogP contribution is -2.33. The minimum Gasteiger partial charge on any atom is -0.305 e. The van der Waals surface area contributed by atoms with Crippen molar-refractivity contribution >= 4 is 44.1 Å². The van der Waals surface area contributed by atoms with E-state index < -0.39 is 26.8 Å². The lowest BCUT2D eigenvalue weighted by atomic mass is 10.0. The maximum Gasteiger partial charge on any atom is 0.349 e. The molecule has 1 saturated heterocycles. The molecule has 190 valence electrons. The lowest BCUT2D eigenvalue weighted by molar-refractivity contribution is 0.404.